The summed E-state index contributed by atoms with van der Waals surface area (Å²) in [6.45, 7) is 2.12. The molecule has 0 radical (unpaired) electrons. The first kappa shape index (κ1) is 7.56. The summed E-state index contributed by atoms with van der Waals surface area (Å²) < 4.78 is 0. The second kappa shape index (κ2) is 3.11. The Balaban J connectivity index is 2.22. The predicted molar refractivity (Wildman–Crippen MR) is 50.5 cm³/mol. The van der Waals surface area contributed by atoms with E-state index in [4.69, 9.17) is 0 Å². The maximum absolute atomic E-state index is 3.98. The Hall–Kier alpha value is -1.08. The van der Waals surface area contributed by atoms with Gasteiger partial charge in [0.1, 0.15) is 0 Å². The van der Waals surface area contributed by atoms with E-state index < -0.39 is 0 Å². The van der Waals surface area contributed by atoms with E-state index >= 15 is 0 Å². The second-order valence-corrected chi connectivity index (χ2v) is 3.23. The smallest absolute Gasteiger partial charge is 0.0795 e. The van der Waals surface area contributed by atoms with Crippen molar-refractivity contribution in [1.29, 1.82) is 0 Å². The van der Waals surface area contributed by atoms with Crippen LogP contribution in [0.2, 0.25) is 0 Å². The molecule has 1 heteroatoms. The third-order valence-corrected chi connectivity index (χ3v) is 2.22. The van der Waals surface area contributed by atoms with Gasteiger partial charge in [-0.05, 0) is 11.6 Å². The van der Waals surface area contributed by atoms with Crippen LogP contribution in [0.4, 0.5) is 0 Å². The molecule has 0 fully saturated rings. The number of hydrogen-bond donors (Lipinski definition) is 1. The Kier molecular flexibility index (Phi) is 1.96. The van der Waals surface area contributed by atoms with Gasteiger partial charge in [0.15, 0.2) is 0 Å². The van der Waals surface area contributed by atoms with Gasteiger partial charge in [0, 0.05) is 5.57 Å². The van der Waals surface area contributed by atoms with Crippen LogP contribution in [0.3, 0.4) is 0 Å². The minimum Gasteiger partial charge on any atom is -0.461 e. The molecule has 0 amide bonds. The normalized spacial score (nSPS) is 22.4. The molecule has 62 valence electrons. The summed E-state index contributed by atoms with van der Waals surface area (Å²) in [7, 11) is 3.98. The molecule has 0 saturated carbocycles. The molecule has 1 aromatic rings. The van der Waals surface area contributed by atoms with Crippen LogP contribution in [-0.2, 0) is 0 Å². The van der Waals surface area contributed by atoms with Crippen LogP contribution in [0.1, 0.15) is 5.56 Å². The Morgan fingerprint density at radius 3 is 2.50 bits per heavy atom. The molecule has 0 spiro atoms. The minimum absolute atomic E-state index is 1.06. The van der Waals surface area contributed by atoms with E-state index in [0.29, 0.717) is 0 Å². The Morgan fingerprint density at radius 1 is 1.17 bits per heavy atom. The van der Waals surface area contributed by atoms with Gasteiger partial charge in [0.25, 0.3) is 0 Å². The van der Waals surface area contributed by atoms with Crippen LogP contribution < -0.4 is 4.90 Å². The van der Waals surface area contributed by atoms with Crippen molar-refractivity contribution in [2.75, 3.05) is 13.1 Å². The van der Waals surface area contributed by atoms with Crippen LogP contribution in [0.25, 0.3) is 5.57 Å². The van der Waals surface area contributed by atoms with Crippen molar-refractivity contribution in [3.8, 4) is 0 Å². The molecule has 1 aliphatic rings. The standard InChI is InChI=1S/C11H13N/c1-12-8-7-11(9-12)10-5-3-2-4-6-10/h2-7,12H,1,8-9H2. The molecule has 1 aliphatic heterocycles. The highest BCUT2D eigenvalue weighted by molar-refractivity contribution is 5.67. The van der Waals surface area contributed by atoms with Gasteiger partial charge in [-0.25, -0.2) is 0 Å². The highest BCUT2D eigenvalue weighted by Gasteiger charge is 2.10. The van der Waals surface area contributed by atoms with Crippen molar-refractivity contribution in [1.82, 2.24) is 0 Å². The lowest BCUT2D eigenvalue weighted by molar-refractivity contribution is -0.833. The molecule has 1 atom stereocenters. The minimum atomic E-state index is 1.06. The summed E-state index contributed by atoms with van der Waals surface area (Å²) in [5, 5.41) is 0. The van der Waals surface area contributed by atoms with Gasteiger partial charge in [0.2, 0.25) is 0 Å². The van der Waals surface area contributed by atoms with E-state index in [1.807, 2.05) is 6.07 Å². The number of benzene rings is 1. The van der Waals surface area contributed by atoms with Gasteiger partial charge in [0.05, 0.1) is 13.1 Å². The van der Waals surface area contributed by atoms with Crippen molar-refractivity contribution in [2.24, 2.45) is 0 Å². The first-order chi connectivity index (χ1) is 5.86. The Labute approximate surface area is 73.3 Å². The average molecular weight is 159 g/mol. The van der Waals surface area contributed by atoms with E-state index in [-0.39, 0.29) is 0 Å². The molecule has 0 aromatic heterocycles. The monoisotopic (exact) mass is 159 g/mol. The fourth-order valence-corrected chi connectivity index (χ4v) is 1.55. The van der Waals surface area contributed by atoms with E-state index in [0.717, 1.165) is 13.1 Å². The van der Waals surface area contributed by atoms with E-state index in [1.165, 1.54) is 16.0 Å². The quantitative estimate of drug-likeness (QED) is 0.577. The molecule has 12 heavy (non-hydrogen) atoms. The van der Waals surface area contributed by atoms with Crippen LogP contribution in [-0.4, -0.2) is 13.1 Å². The fourth-order valence-electron chi connectivity index (χ4n) is 1.55. The van der Waals surface area contributed by atoms with Gasteiger partial charge in [-0.2, -0.15) is 7.05 Å². The lowest BCUT2D eigenvalue weighted by Gasteiger charge is -2.12. The molecule has 0 aliphatic carbocycles. The van der Waals surface area contributed by atoms with E-state index in [2.05, 4.69) is 37.4 Å². The molecule has 2 rings (SSSR count). The van der Waals surface area contributed by atoms with Crippen molar-refractivity contribution in [3.05, 3.63) is 49.0 Å². The van der Waals surface area contributed by atoms with Crippen molar-refractivity contribution < 1.29 is 4.90 Å². The average Bonchev–Trinajstić information content (AvgIpc) is 2.54. The SMILES string of the molecule is [CH2-][NH+]1CC=C(c2ccccc2)C1. The number of quaternary nitrogens is 1. The number of nitrogens with one attached hydrogen (secondary N) is 1. The largest absolute Gasteiger partial charge is 0.461 e. The predicted octanol–water partition coefficient (Wildman–Crippen LogP) is 0.760. The zero-order valence-electron chi connectivity index (χ0n) is 7.09. The van der Waals surface area contributed by atoms with Gasteiger partial charge in [-0.15, -0.1) is 0 Å². The lowest BCUT2D eigenvalue weighted by Crippen LogP contribution is -3.05. The topological polar surface area (TPSA) is 4.44 Å². The molecule has 1 aromatic carbocycles. The zero-order valence-corrected chi connectivity index (χ0v) is 7.09. The summed E-state index contributed by atoms with van der Waals surface area (Å²) >= 11 is 0. The summed E-state index contributed by atoms with van der Waals surface area (Å²) in [4.78, 5) is 1.33. The molecule has 0 saturated heterocycles. The van der Waals surface area contributed by atoms with Gasteiger partial charge in [-0.3, -0.25) is 0 Å². The number of rotatable bonds is 1. The first-order valence-electron chi connectivity index (χ1n) is 4.27. The summed E-state index contributed by atoms with van der Waals surface area (Å²) in [6.07, 6.45) is 2.28. The van der Waals surface area contributed by atoms with Crippen molar-refractivity contribution in [3.63, 3.8) is 0 Å². The maximum Gasteiger partial charge on any atom is 0.0795 e. The van der Waals surface area contributed by atoms with Crippen LogP contribution >= 0.6 is 0 Å². The summed E-state index contributed by atoms with van der Waals surface area (Å²) in [6, 6.07) is 10.5. The number of hydrogen-bond acceptors (Lipinski definition) is 0. The third kappa shape index (κ3) is 1.41. The van der Waals surface area contributed by atoms with Gasteiger partial charge in [-0.1, -0.05) is 30.3 Å². The third-order valence-electron chi connectivity index (χ3n) is 2.22. The second-order valence-electron chi connectivity index (χ2n) is 3.23. The molecule has 1 heterocycles. The van der Waals surface area contributed by atoms with E-state index in [1.54, 1.807) is 0 Å². The fraction of sp³-hybridized carbons (Fsp3) is 0.182. The molecule has 1 nitrogen and oxygen atoms in total. The molecule has 1 unspecified atom stereocenters. The lowest BCUT2D eigenvalue weighted by atomic mass is 10.1. The van der Waals surface area contributed by atoms with Crippen molar-refractivity contribution in [2.45, 2.75) is 0 Å². The molecule has 1 N–H and O–H groups in total. The Morgan fingerprint density at radius 2 is 1.92 bits per heavy atom. The van der Waals surface area contributed by atoms with Gasteiger partial charge < -0.3 is 4.90 Å². The van der Waals surface area contributed by atoms with E-state index in [9.17, 15) is 0 Å². The zero-order chi connectivity index (χ0) is 8.39. The molecular weight excluding hydrogens is 146 g/mol. The van der Waals surface area contributed by atoms with Crippen LogP contribution in [0.15, 0.2) is 36.4 Å². The Bertz CT molecular complexity index is 287. The van der Waals surface area contributed by atoms with Crippen LogP contribution in [0.5, 0.6) is 0 Å². The molecular formula is C11H13N. The van der Waals surface area contributed by atoms with Crippen LogP contribution in [0, 0.1) is 7.05 Å². The molecule has 0 bridgehead atoms. The highest BCUT2D eigenvalue weighted by Crippen LogP contribution is 2.13. The summed E-state index contributed by atoms with van der Waals surface area (Å²) in [5.74, 6) is 0. The summed E-state index contributed by atoms with van der Waals surface area (Å²) in [5.41, 5.74) is 2.77. The van der Waals surface area contributed by atoms with Crippen molar-refractivity contribution >= 4 is 5.57 Å². The highest BCUT2D eigenvalue weighted by atomic mass is 15.1. The maximum atomic E-state index is 3.98. The van der Waals surface area contributed by atoms with Gasteiger partial charge >= 0.3 is 0 Å². The first-order valence-corrected chi connectivity index (χ1v) is 4.27.